The zero-order valence-corrected chi connectivity index (χ0v) is 9.88. The van der Waals surface area contributed by atoms with Crippen molar-refractivity contribution in [3.8, 4) is 11.5 Å². The van der Waals surface area contributed by atoms with Gasteiger partial charge in [0, 0.05) is 12.1 Å². The van der Waals surface area contributed by atoms with Gasteiger partial charge in [-0.1, -0.05) is 5.21 Å². The lowest BCUT2D eigenvalue weighted by molar-refractivity contribution is -0.146. The van der Waals surface area contributed by atoms with E-state index in [2.05, 4.69) is 10.3 Å². The number of carbonyl (C=O) groups is 1. The van der Waals surface area contributed by atoms with Gasteiger partial charge in [0.25, 0.3) is 0 Å². The van der Waals surface area contributed by atoms with E-state index in [4.69, 9.17) is 9.47 Å². The summed E-state index contributed by atoms with van der Waals surface area (Å²) in [4.78, 5) is 11.3. The van der Waals surface area contributed by atoms with Crippen LogP contribution in [0.4, 0.5) is 0 Å². The van der Waals surface area contributed by atoms with Gasteiger partial charge in [0.2, 0.25) is 6.79 Å². The summed E-state index contributed by atoms with van der Waals surface area (Å²) in [7, 11) is 0. The largest absolute Gasteiger partial charge is 0.479 e. The number of aromatic nitrogens is 3. The van der Waals surface area contributed by atoms with Crippen molar-refractivity contribution in [2.24, 2.45) is 0 Å². The number of nitrogens with zero attached hydrogens (tertiary/aromatic N) is 3. The minimum atomic E-state index is -1.18. The number of carboxylic acids is 1. The van der Waals surface area contributed by atoms with Crippen LogP contribution in [0.25, 0.3) is 11.0 Å². The molecule has 0 saturated carbocycles. The third kappa shape index (κ3) is 1.33. The highest BCUT2D eigenvalue weighted by Gasteiger charge is 2.33. The minimum Gasteiger partial charge on any atom is -0.479 e. The molecule has 94 valence electrons. The molecule has 18 heavy (non-hydrogen) atoms. The first-order chi connectivity index (χ1) is 8.50. The molecule has 0 spiro atoms. The van der Waals surface area contributed by atoms with Gasteiger partial charge in [-0.2, -0.15) is 0 Å². The third-order valence-corrected chi connectivity index (χ3v) is 2.99. The van der Waals surface area contributed by atoms with Crippen LogP contribution in [0.3, 0.4) is 0 Å². The predicted molar refractivity (Wildman–Crippen MR) is 60.6 cm³/mol. The quantitative estimate of drug-likeness (QED) is 0.853. The Morgan fingerprint density at radius 3 is 2.72 bits per heavy atom. The third-order valence-electron chi connectivity index (χ3n) is 2.99. The Morgan fingerprint density at radius 1 is 1.39 bits per heavy atom. The second kappa shape index (κ2) is 3.34. The Bertz CT molecular complexity index is 647. The van der Waals surface area contributed by atoms with Crippen molar-refractivity contribution in [1.82, 2.24) is 15.0 Å². The van der Waals surface area contributed by atoms with Crippen LogP contribution in [-0.4, -0.2) is 32.9 Å². The van der Waals surface area contributed by atoms with Gasteiger partial charge in [0.05, 0.1) is 5.52 Å². The van der Waals surface area contributed by atoms with E-state index in [1.807, 2.05) is 0 Å². The predicted octanol–water partition coefficient (Wildman–Crippen LogP) is 0.980. The molecule has 3 rings (SSSR count). The molecular weight excluding hydrogens is 238 g/mol. The molecule has 0 bridgehead atoms. The van der Waals surface area contributed by atoms with Crippen molar-refractivity contribution < 1.29 is 19.4 Å². The fourth-order valence-electron chi connectivity index (χ4n) is 1.81. The summed E-state index contributed by atoms with van der Waals surface area (Å²) >= 11 is 0. The molecule has 0 fully saturated rings. The van der Waals surface area contributed by atoms with E-state index in [-0.39, 0.29) is 6.79 Å². The number of hydrogen-bond donors (Lipinski definition) is 1. The van der Waals surface area contributed by atoms with Crippen molar-refractivity contribution in [2.75, 3.05) is 6.79 Å². The van der Waals surface area contributed by atoms with Gasteiger partial charge >= 0.3 is 5.97 Å². The number of aliphatic carboxylic acids is 1. The van der Waals surface area contributed by atoms with E-state index in [0.29, 0.717) is 22.5 Å². The van der Waals surface area contributed by atoms with Crippen LogP contribution in [-0.2, 0) is 10.3 Å². The number of hydrogen-bond acceptors (Lipinski definition) is 5. The Morgan fingerprint density at radius 2 is 2.06 bits per heavy atom. The molecule has 2 heterocycles. The maximum absolute atomic E-state index is 11.3. The number of benzene rings is 1. The number of fused-ring (bicyclic) bond motifs is 2. The van der Waals surface area contributed by atoms with Gasteiger partial charge in [-0.25, -0.2) is 9.48 Å². The SMILES string of the molecule is CC(C)(C(=O)O)n1nnc2cc3c(cc21)OCO3. The average molecular weight is 249 g/mol. The van der Waals surface area contributed by atoms with Crippen LogP contribution in [0, 0.1) is 0 Å². The number of carboxylic acid groups (broad SMARTS) is 1. The van der Waals surface area contributed by atoms with Crippen molar-refractivity contribution in [3.63, 3.8) is 0 Å². The molecule has 1 N–H and O–H groups in total. The highest BCUT2D eigenvalue weighted by atomic mass is 16.7. The molecule has 0 amide bonds. The topological polar surface area (TPSA) is 86.5 Å². The minimum absolute atomic E-state index is 0.164. The molecule has 1 aliphatic heterocycles. The summed E-state index contributed by atoms with van der Waals surface area (Å²) in [6.07, 6.45) is 0. The first kappa shape index (κ1) is 10.8. The molecule has 7 heteroatoms. The first-order valence-corrected chi connectivity index (χ1v) is 5.39. The molecule has 0 saturated heterocycles. The summed E-state index contributed by atoms with van der Waals surface area (Å²) in [6.45, 7) is 3.29. The fourth-order valence-corrected chi connectivity index (χ4v) is 1.81. The summed E-state index contributed by atoms with van der Waals surface area (Å²) in [5.41, 5.74) is 0.00264. The van der Waals surface area contributed by atoms with E-state index in [9.17, 15) is 9.90 Å². The molecule has 0 radical (unpaired) electrons. The first-order valence-electron chi connectivity index (χ1n) is 5.39. The molecule has 0 atom stereocenters. The van der Waals surface area contributed by atoms with E-state index in [1.165, 1.54) is 4.68 Å². The normalized spacial score (nSPS) is 14.1. The highest BCUT2D eigenvalue weighted by molar-refractivity contribution is 5.83. The Labute approximate surface area is 102 Å². The zero-order valence-electron chi connectivity index (χ0n) is 9.88. The van der Waals surface area contributed by atoms with Crippen LogP contribution in [0.5, 0.6) is 11.5 Å². The molecule has 0 aliphatic carbocycles. The number of ether oxygens (including phenoxy) is 2. The Hall–Kier alpha value is -2.31. The van der Waals surface area contributed by atoms with Crippen LogP contribution >= 0.6 is 0 Å². The van der Waals surface area contributed by atoms with Crippen LogP contribution < -0.4 is 9.47 Å². The van der Waals surface area contributed by atoms with Gasteiger partial charge in [-0.3, -0.25) is 0 Å². The standard InChI is InChI=1S/C11H11N3O4/c1-11(2,10(15)16)14-7-4-9-8(17-5-18-9)3-6(7)12-13-14/h3-4H,5H2,1-2H3,(H,15,16). The highest BCUT2D eigenvalue weighted by Crippen LogP contribution is 2.36. The van der Waals surface area contributed by atoms with Crippen LogP contribution in [0.15, 0.2) is 12.1 Å². The lowest BCUT2D eigenvalue weighted by Gasteiger charge is -2.19. The van der Waals surface area contributed by atoms with Crippen LogP contribution in [0.2, 0.25) is 0 Å². The van der Waals surface area contributed by atoms with Crippen LogP contribution in [0.1, 0.15) is 13.8 Å². The Kier molecular flexibility index (Phi) is 2.01. The fraction of sp³-hybridized carbons (Fsp3) is 0.364. The Balaban J connectivity index is 2.23. The van der Waals surface area contributed by atoms with Crippen molar-refractivity contribution >= 4 is 17.0 Å². The zero-order chi connectivity index (χ0) is 12.9. The maximum atomic E-state index is 11.3. The van der Waals surface area contributed by atoms with Gasteiger partial charge in [0.1, 0.15) is 5.52 Å². The molecule has 1 aromatic carbocycles. The molecule has 1 aromatic heterocycles. The summed E-state index contributed by atoms with van der Waals surface area (Å²) in [5, 5.41) is 17.1. The van der Waals surface area contributed by atoms with Gasteiger partial charge in [-0.05, 0) is 13.8 Å². The van der Waals surface area contributed by atoms with Gasteiger partial charge in [-0.15, -0.1) is 5.10 Å². The van der Waals surface area contributed by atoms with Crippen molar-refractivity contribution in [3.05, 3.63) is 12.1 Å². The van der Waals surface area contributed by atoms with Crippen molar-refractivity contribution in [1.29, 1.82) is 0 Å². The molecule has 1 aliphatic rings. The van der Waals surface area contributed by atoms with Gasteiger partial charge < -0.3 is 14.6 Å². The van der Waals surface area contributed by atoms with E-state index >= 15 is 0 Å². The maximum Gasteiger partial charge on any atom is 0.331 e. The smallest absolute Gasteiger partial charge is 0.331 e. The number of rotatable bonds is 2. The van der Waals surface area contributed by atoms with E-state index in [0.717, 1.165) is 0 Å². The van der Waals surface area contributed by atoms with Crippen molar-refractivity contribution in [2.45, 2.75) is 19.4 Å². The molecular formula is C11H11N3O4. The molecule has 0 unspecified atom stereocenters. The average Bonchev–Trinajstić information content (AvgIpc) is 2.90. The second-order valence-corrected chi connectivity index (χ2v) is 4.56. The lowest BCUT2D eigenvalue weighted by Crippen LogP contribution is -2.36. The summed E-state index contributed by atoms with van der Waals surface area (Å²) in [6, 6.07) is 3.39. The van der Waals surface area contributed by atoms with E-state index < -0.39 is 11.5 Å². The molecule has 2 aromatic rings. The summed E-state index contributed by atoms with van der Waals surface area (Å²) in [5.74, 6) is 0.196. The molecule has 7 nitrogen and oxygen atoms in total. The monoisotopic (exact) mass is 249 g/mol. The van der Waals surface area contributed by atoms with Gasteiger partial charge in [0.15, 0.2) is 17.0 Å². The van der Waals surface area contributed by atoms with E-state index in [1.54, 1.807) is 26.0 Å². The second-order valence-electron chi connectivity index (χ2n) is 4.56. The lowest BCUT2D eigenvalue weighted by atomic mass is 10.1. The summed E-state index contributed by atoms with van der Waals surface area (Å²) < 4.78 is 11.9.